The van der Waals surface area contributed by atoms with Gasteiger partial charge in [-0.3, -0.25) is 9.78 Å². The first-order valence-electron chi connectivity index (χ1n) is 17.3. The van der Waals surface area contributed by atoms with E-state index in [2.05, 4.69) is 88.4 Å². The van der Waals surface area contributed by atoms with Crippen LogP contribution in [0.4, 0.5) is 0 Å². The van der Waals surface area contributed by atoms with Crippen LogP contribution in [-0.4, -0.2) is 15.9 Å². The van der Waals surface area contributed by atoms with Crippen LogP contribution in [0.1, 0.15) is 98.4 Å². The maximum absolute atomic E-state index is 12.2. The van der Waals surface area contributed by atoms with E-state index in [-0.39, 0.29) is 47.9 Å². The molecule has 6 aromatic rings. The van der Waals surface area contributed by atoms with E-state index in [9.17, 15) is 9.90 Å². The van der Waals surface area contributed by atoms with Gasteiger partial charge in [0.2, 0.25) is 0 Å². The number of fused-ring (bicyclic) bond motifs is 5. The van der Waals surface area contributed by atoms with Crippen molar-refractivity contribution in [3.8, 4) is 11.3 Å². The number of nitrogens with zero attached hydrogens (tertiary/aromatic N) is 1. The number of allylic oxidation sites excluding steroid dienone is 2. The normalized spacial score (nSPS) is 12.7. The molecule has 0 saturated heterocycles. The van der Waals surface area contributed by atoms with Gasteiger partial charge < -0.3 is 9.52 Å². The Morgan fingerprint density at radius 1 is 0.878 bits per heavy atom. The summed E-state index contributed by atoms with van der Waals surface area (Å²) in [5.74, 6) is 0.286. The van der Waals surface area contributed by atoms with Gasteiger partial charge in [0.15, 0.2) is 5.78 Å². The fraction of sp³-hybridized carbons (Fsp3) is 0.395. The number of rotatable bonds is 8. The number of pyridine rings is 1. The number of aliphatic hydroxyl groups excluding tert-OH is 1. The molecule has 0 bridgehead atoms. The zero-order valence-electron chi connectivity index (χ0n) is 30.6. The number of carbonyl (C=O) groups excluding carboxylic acids is 1. The molecule has 6 heteroatoms. The number of aryl methyl sites for hydroxylation is 1. The van der Waals surface area contributed by atoms with Crippen molar-refractivity contribution in [2.75, 3.05) is 0 Å². The molecule has 4 nitrogen and oxygen atoms in total. The monoisotopic (exact) mass is 853 g/mol. The number of ketones is 1. The largest absolute Gasteiger partial charge is 0.512 e. The van der Waals surface area contributed by atoms with Crippen molar-refractivity contribution in [3.05, 3.63) is 89.1 Å². The van der Waals surface area contributed by atoms with E-state index >= 15 is 0 Å². The van der Waals surface area contributed by atoms with Crippen LogP contribution in [0, 0.1) is 23.8 Å². The molecule has 0 spiro atoms. The Morgan fingerprint density at radius 3 is 2.16 bits per heavy atom. The smallest absolute Gasteiger partial charge is 0.164 e. The average molecular weight is 853 g/mol. The molecule has 3 aromatic heterocycles. The zero-order chi connectivity index (χ0) is 35.0. The van der Waals surface area contributed by atoms with Gasteiger partial charge >= 0.3 is 0 Å². The topological polar surface area (TPSA) is 63.3 Å². The van der Waals surface area contributed by atoms with E-state index in [1.165, 1.54) is 32.0 Å². The van der Waals surface area contributed by atoms with Crippen molar-refractivity contribution in [1.29, 1.82) is 0 Å². The van der Waals surface area contributed by atoms with Gasteiger partial charge in [0.25, 0.3) is 0 Å². The summed E-state index contributed by atoms with van der Waals surface area (Å²) in [6.07, 6.45) is 6.64. The molecule has 0 aliphatic carbocycles. The quantitative estimate of drug-likeness (QED) is 0.0941. The summed E-state index contributed by atoms with van der Waals surface area (Å²) in [6, 6.07) is 23.0. The zero-order valence-corrected chi connectivity index (χ0v) is 33.8. The molecule has 0 saturated carbocycles. The predicted octanol–water partition coefficient (Wildman–Crippen LogP) is 13.1. The van der Waals surface area contributed by atoms with Crippen molar-refractivity contribution in [2.45, 2.75) is 100 Å². The molecule has 1 N–H and O–H groups in total. The third-order valence-electron chi connectivity index (χ3n) is 10.6. The molecule has 0 aliphatic rings. The average Bonchev–Trinajstić information content (AvgIpc) is 3.63. The third kappa shape index (κ3) is 7.57. The second-order valence-electron chi connectivity index (χ2n) is 14.7. The van der Waals surface area contributed by atoms with Gasteiger partial charge in [0, 0.05) is 69.3 Å². The van der Waals surface area contributed by atoms with Gasteiger partial charge in [-0.15, -0.1) is 40.5 Å². The molecule has 0 aliphatic heterocycles. The van der Waals surface area contributed by atoms with E-state index in [0.29, 0.717) is 0 Å². The Balaban J connectivity index is 0.000000260. The molecule has 0 atom stereocenters. The molecule has 3 heterocycles. The summed E-state index contributed by atoms with van der Waals surface area (Å²) in [4.78, 5) is 18.2. The molecule has 0 amide bonds. The van der Waals surface area contributed by atoms with Crippen LogP contribution >= 0.6 is 11.3 Å². The molecule has 0 fully saturated rings. The van der Waals surface area contributed by atoms with Gasteiger partial charge in [-0.2, -0.15) is 0 Å². The van der Waals surface area contributed by atoms with Crippen LogP contribution in [0.5, 0.6) is 0 Å². The van der Waals surface area contributed by atoms with Gasteiger partial charge in [0.1, 0.15) is 16.9 Å². The number of benzene rings is 3. The minimum Gasteiger partial charge on any atom is -0.512 e. The molecule has 261 valence electrons. The third-order valence-corrected chi connectivity index (χ3v) is 11.6. The minimum absolute atomic E-state index is 0. The second kappa shape index (κ2) is 14.9. The molecule has 1 radical (unpaired) electrons. The van der Waals surface area contributed by atoms with Crippen molar-refractivity contribution < 1.29 is 34.4 Å². The van der Waals surface area contributed by atoms with Crippen LogP contribution < -0.4 is 0 Å². The molecule has 0 unspecified atom stereocenters. The van der Waals surface area contributed by atoms with Gasteiger partial charge in [-0.05, 0) is 67.7 Å². The summed E-state index contributed by atoms with van der Waals surface area (Å²) in [6.45, 7) is 21.0. The Hall–Kier alpha value is -3.31. The van der Waals surface area contributed by atoms with E-state index in [1.807, 2.05) is 47.7 Å². The van der Waals surface area contributed by atoms with Crippen LogP contribution in [0.25, 0.3) is 54.1 Å². The summed E-state index contributed by atoms with van der Waals surface area (Å²) in [7, 11) is 0. The Morgan fingerprint density at radius 2 is 1.53 bits per heavy atom. The van der Waals surface area contributed by atoms with E-state index in [1.54, 1.807) is 11.3 Å². The van der Waals surface area contributed by atoms with Gasteiger partial charge in [-0.25, -0.2) is 0 Å². The summed E-state index contributed by atoms with van der Waals surface area (Å²) in [5, 5.41) is 16.0. The fourth-order valence-electron chi connectivity index (χ4n) is 6.22. The van der Waals surface area contributed by atoms with Gasteiger partial charge in [-0.1, -0.05) is 91.5 Å². The molecular weight excluding hydrogens is 803 g/mol. The summed E-state index contributed by atoms with van der Waals surface area (Å²) < 4.78 is 7.67. The van der Waals surface area contributed by atoms with Crippen LogP contribution in [0.2, 0.25) is 0 Å². The maximum Gasteiger partial charge on any atom is 0.164 e. The standard InChI is InChI=1S/C28H22NOS.C15H28O2.Ir/c1-16-11-18-13-22-21-9-10-29-26(27(21)30-24(22)15-25(18)31-16)19-12-17-7-5-6-8-20(17)23(14-19)28(2,3)4;1-7-14(5,8-2)12(16)11-13(17)15(6,9-3)10-4;/h5-11,13-15H,1-4H3;11,16H,7-10H2,1-6H3;/q-1;;/b;12-11-;. The van der Waals surface area contributed by atoms with Crippen LogP contribution in [0.3, 0.4) is 0 Å². The van der Waals surface area contributed by atoms with E-state index in [4.69, 9.17) is 9.40 Å². The van der Waals surface area contributed by atoms with Crippen LogP contribution in [-0.2, 0) is 30.3 Å². The molecular formula is C43H50IrNO3S-. The summed E-state index contributed by atoms with van der Waals surface area (Å²) >= 11 is 1.80. The van der Waals surface area contributed by atoms with Crippen molar-refractivity contribution in [2.24, 2.45) is 10.8 Å². The van der Waals surface area contributed by atoms with E-state index in [0.717, 1.165) is 64.3 Å². The first-order valence-corrected chi connectivity index (χ1v) is 18.1. The van der Waals surface area contributed by atoms with Crippen LogP contribution in [0.15, 0.2) is 77.0 Å². The van der Waals surface area contributed by atoms with Crippen molar-refractivity contribution in [1.82, 2.24) is 4.98 Å². The number of hydrogen-bond donors (Lipinski definition) is 1. The number of furan rings is 1. The van der Waals surface area contributed by atoms with E-state index < -0.39 is 0 Å². The number of thiophene rings is 1. The number of aromatic nitrogens is 1. The first kappa shape index (κ1) is 38.5. The molecule has 49 heavy (non-hydrogen) atoms. The maximum atomic E-state index is 12.2. The number of aliphatic hydroxyl groups is 1. The first-order chi connectivity index (χ1) is 22.7. The fourth-order valence-corrected chi connectivity index (χ4v) is 7.16. The minimum atomic E-state index is -0.337. The van der Waals surface area contributed by atoms with Crippen molar-refractivity contribution >= 4 is 59.9 Å². The second-order valence-corrected chi connectivity index (χ2v) is 16.0. The predicted molar refractivity (Wildman–Crippen MR) is 205 cm³/mol. The number of carbonyl (C=O) groups is 1. The number of hydrogen-bond acceptors (Lipinski definition) is 5. The molecule has 6 rings (SSSR count). The SMILES string of the molecule is CCC(C)(CC)C(=O)/C=C(\O)C(C)(CC)CC.Cc1cc2cc3c(cc2s1)oc1c(-c2[c-]c4ccccc4c(C(C)(C)C)c2)nccc13.[Ir]. The summed E-state index contributed by atoms with van der Waals surface area (Å²) in [5.41, 5.74) is 4.27. The Kier molecular flexibility index (Phi) is 11.7. The Bertz CT molecular complexity index is 2140. The Labute approximate surface area is 309 Å². The van der Waals surface area contributed by atoms with Crippen molar-refractivity contribution in [3.63, 3.8) is 0 Å². The van der Waals surface area contributed by atoms with Gasteiger partial charge in [0.05, 0.1) is 0 Å². The molecule has 3 aromatic carbocycles.